The van der Waals surface area contributed by atoms with Gasteiger partial charge in [-0.25, -0.2) is 0 Å². The van der Waals surface area contributed by atoms with Gasteiger partial charge in [0.15, 0.2) is 0 Å². The van der Waals surface area contributed by atoms with E-state index in [1.807, 2.05) is 36.0 Å². The van der Waals surface area contributed by atoms with E-state index in [9.17, 15) is 5.11 Å². The first-order chi connectivity index (χ1) is 6.61. The van der Waals surface area contributed by atoms with Gasteiger partial charge in [0.05, 0.1) is 16.6 Å². The van der Waals surface area contributed by atoms with Crippen molar-refractivity contribution < 1.29 is 5.11 Å². The van der Waals surface area contributed by atoms with Crippen LogP contribution in [-0.2, 0) is 7.05 Å². The zero-order chi connectivity index (χ0) is 10.3. The number of aliphatic hydroxyl groups is 1. The summed E-state index contributed by atoms with van der Waals surface area (Å²) in [6.45, 7) is 1.76. The molecule has 0 aliphatic rings. The van der Waals surface area contributed by atoms with Crippen LogP contribution in [0.1, 0.15) is 18.6 Å². The molecule has 0 bridgehead atoms. The van der Waals surface area contributed by atoms with Crippen molar-refractivity contribution in [3.05, 3.63) is 35.0 Å². The highest BCUT2D eigenvalue weighted by atomic mass is 35.5. The van der Waals surface area contributed by atoms with Crippen LogP contribution in [0, 0.1) is 0 Å². The second kappa shape index (κ2) is 3.30. The normalized spacial score (nSPS) is 13.4. The van der Waals surface area contributed by atoms with E-state index in [0.717, 1.165) is 21.5 Å². The number of hydrogen-bond acceptors (Lipinski definition) is 1. The number of rotatable bonds is 1. The molecule has 2 aromatic rings. The fraction of sp³-hybridized carbons (Fsp3) is 0.273. The predicted octanol–water partition coefficient (Wildman–Crippen LogP) is 2.89. The van der Waals surface area contributed by atoms with Gasteiger partial charge >= 0.3 is 0 Å². The molecular formula is C11H12ClNO. The van der Waals surface area contributed by atoms with Crippen molar-refractivity contribution in [1.29, 1.82) is 0 Å². The smallest absolute Gasteiger partial charge is 0.0782 e. The van der Waals surface area contributed by atoms with Crippen LogP contribution in [0.25, 0.3) is 10.9 Å². The second-order valence-corrected chi connectivity index (χ2v) is 3.91. The van der Waals surface area contributed by atoms with Gasteiger partial charge in [0.25, 0.3) is 0 Å². The zero-order valence-corrected chi connectivity index (χ0v) is 8.92. The van der Waals surface area contributed by atoms with E-state index in [1.165, 1.54) is 0 Å². The molecule has 2 rings (SSSR count). The quantitative estimate of drug-likeness (QED) is 0.768. The largest absolute Gasteiger partial charge is 0.389 e. The lowest BCUT2D eigenvalue weighted by atomic mass is 10.1. The van der Waals surface area contributed by atoms with Gasteiger partial charge in [-0.3, -0.25) is 0 Å². The molecule has 3 heteroatoms. The van der Waals surface area contributed by atoms with E-state index in [0.29, 0.717) is 0 Å². The Morgan fingerprint density at radius 1 is 1.43 bits per heavy atom. The molecule has 1 unspecified atom stereocenters. The van der Waals surface area contributed by atoms with E-state index in [2.05, 4.69) is 0 Å². The number of halogens is 1. The molecule has 0 saturated carbocycles. The van der Waals surface area contributed by atoms with Gasteiger partial charge < -0.3 is 9.67 Å². The first-order valence-corrected chi connectivity index (χ1v) is 4.90. The monoisotopic (exact) mass is 209 g/mol. The maximum absolute atomic E-state index is 9.57. The number of para-hydroxylation sites is 1. The minimum Gasteiger partial charge on any atom is -0.389 e. The molecule has 0 spiro atoms. The summed E-state index contributed by atoms with van der Waals surface area (Å²) in [5.74, 6) is 0. The summed E-state index contributed by atoms with van der Waals surface area (Å²) in [5.41, 5.74) is 1.90. The van der Waals surface area contributed by atoms with Gasteiger partial charge in [0, 0.05) is 24.2 Å². The summed E-state index contributed by atoms with van der Waals surface area (Å²) in [4.78, 5) is 0. The van der Waals surface area contributed by atoms with Gasteiger partial charge in [0.2, 0.25) is 0 Å². The number of aliphatic hydroxyl groups excluding tert-OH is 1. The summed E-state index contributed by atoms with van der Waals surface area (Å²) in [6, 6.07) is 5.73. The molecule has 2 nitrogen and oxygen atoms in total. The molecule has 0 amide bonds. The Balaban J connectivity index is 2.84. The molecule has 0 radical (unpaired) electrons. The van der Waals surface area contributed by atoms with Crippen LogP contribution in [0.4, 0.5) is 0 Å². The SMILES string of the molecule is CC(O)c1cn(C)c2c(Cl)cccc12. The molecule has 1 heterocycles. The lowest BCUT2D eigenvalue weighted by molar-refractivity contribution is 0.200. The summed E-state index contributed by atoms with van der Waals surface area (Å²) in [7, 11) is 1.93. The Labute approximate surface area is 87.7 Å². The predicted molar refractivity (Wildman–Crippen MR) is 58.6 cm³/mol. The van der Waals surface area contributed by atoms with Crippen LogP contribution in [-0.4, -0.2) is 9.67 Å². The third-order valence-electron chi connectivity index (χ3n) is 2.43. The van der Waals surface area contributed by atoms with Crippen LogP contribution in [0.15, 0.2) is 24.4 Å². The van der Waals surface area contributed by atoms with Crippen molar-refractivity contribution in [1.82, 2.24) is 4.57 Å². The lowest BCUT2D eigenvalue weighted by Crippen LogP contribution is -1.88. The van der Waals surface area contributed by atoms with E-state index in [4.69, 9.17) is 11.6 Å². The van der Waals surface area contributed by atoms with Crippen molar-refractivity contribution >= 4 is 22.5 Å². The Hall–Kier alpha value is -0.990. The summed E-state index contributed by atoms with van der Waals surface area (Å²) < 4.78 is 1.94. The van der Waals surface area contributed by atoms with Crippen LogP contribution < -0.4 is 0 Å². The van der Waals surface area contributed by atoms with Gasteiger partial charge in [0.1, 0.15) is 0 Å². The number of aryl methyl sites for hydroxylation is 1. The standard InChI is InChI=1S/C11H12ClNO/c1-7(14)9-6-13(2)11-8(9)4-3-5-10(11)12/h3-7,14H,1-2H3. The maximum Gasteiger partial charge on any atom is 0.0782 e. The minimum absolute atomic E-state index is 0.461. The first kappa shape index (κ1) is 9.56. The number of benzene rings is 1. The fourth-order valence-corrected chi connectivity index (χ4v) is 2.09. The van der Waals surface area contributed by atoms with E-state index in [-0.39, 0.29) is 0 Å². The van der Waals surface area contributed by atoms with Gasteiger partial charge in [-0.1, -0.05) is 23.7 Å². The molecule has 74 valence electrons. The van der Waals surface area contributed by atoms with Crippen molar-refractivity contribution in [3.8, 4) is 0 Å². The van der Waals surface area contributed by atoms with Crippen molar-refractivity contribution in [3.63, 3.8) is 0 Å². The molecular weight excluding hydrogens is 198 g/mol. The Bertz CT molecular complexity index is 473. The molecule has 1 atom stereocenters. The van der Waals surface area contributed by atoms with Crippen molar-refractivity contribution in [2.24, 2.45) is 7.05 Å². The number of hydrogen-bond donors (Lipinski definition) is 1. The summed E-state index contributed by atoms with van der Waals surface area (Å²) in [6.07, 6.45) is 1.46. The number of nitrogens with zero attached hydrogens (tertiary/aromatic N) is 1. The third kappa shape index (κ3) is 1.31. The van der Waals surface area contributed by atoms with E-state index >= 15 is 0 Å². The highest BCUT2D eigenvalue weighted by Crippen LogP contribution is 2.30. The van der Waals surface area contributed by atoms with Crippen LogP contribution >= 0.6 is 11.6 Å². The highest BCUT2D eigenvalue weighted by Gasteiger charge is 2.12. The Morgan fingerprint density at radius 3 is 2.79 bits per heavy atom. The number of fused-ring (bicyclic) bond motifs is 1. The van der Waals surface area contributed by atoms with Crippen molar-refractivity contribution in [2.45, 2.75) is 13.0 Å². The van der Waals surface area contributed by atoms with Gasteiger partial charge in [-0.15, -0.1) is 0 Å². The molecule has 0 aliphatic carbocycles. The van der Waals surface area contributed by atoms with Crippen LogP contribution in [0.3, 0.4) is 0 Å². The van der Waals surface area contributed by atoms with E-state index in [1.54, 1.807) is 6.92 Å². The van der Waals surface area contributed by atoms with Crippen LogP contribution in [0.2, 0.25) is 5.02 Å². The highest BCUT2D eigenvalue weighted by molar-refractivity contribution is 6.35. The molecule has 0 fully saturated rings. The zero-order valence-electron chi connectivity index (χ0n) is 8.16. The minimum atomic E-state index is -0.461. The summed E-state index contributed by atoms with van der Waals surface area (Å²) >= 11 is 6.08. The van der Waals surface area contributed by atoms with Crippen molar-refractivity contribution in [2.75, 3.05) is 0 Å². The first-order valence-electron chi connectivity index (χ1n) is 4.52. The third-order valence-corrected chi connectivity index (χ3v) is 2.74. The molecule has 1 aromatic heterocycles. The fourth-order valence-electron chi connectivity index (χ4n) is 1.78. The second-order valence-electron chi connectivity index (χ2n) is 3.51. The Morgan fingerprint density at radius 2 is 2.14 bits per heavy atom. The average Bonchev–Trinajstić information content (AvgIpc) is 2.45. The molecule has 1 N–H and O–H groups in total. The maximum atomic E-state index is 9.57. The molecule has 1 aromatic carbocycles. The number of aromatic nitrogens is 1. The Kier molecular flexibility index (Phi) is 2.25. The summed E-state index contributed by atoms with van der Waals surface area (Å²) in [5, 5.41) is 11.3. The average molecular weight is 210 g/mol. The van der Waals surface area contributed by atoms with Gasteiger partial charge in [-0.2, -0.15) is 0 Å². The van der Waals surface area contributed by atoms with E-state index < -0.39 is 6.10 Å². The lowest BCUT2D eigenvalue weighted by Gasteiger charge is -2.01. The molecule has 0 aliphatic heterocycles. The molecule has 14 heavy (non-hydrogen) atoms. The molecule has 0 saturated heterocycles. The van der Waals surface area contributed by atoms with Crippen LogP contribution in [0.5, 0.6) is 0 Å². The van der Waals surface area contributed by atoms with Gasteiger partial charge in [-0.05, 0) is 13.0 Å². The topological polar surface area (TPSA) is 25.2 Å².